The van der Waals surface area contributed by atoms with Gasteiger partial charge in [-0.25, -0.2) is 4.79 Å². The summed E-state index contributed by atoms with van der Waals surface area (Å²) in [5.41, 5.74) is 7.16. The van der Waals surface area contributed by atoms with Crippen LogP contribution in [0.3, 0.4) is 0 Å². The molecule has 1 saturated heterocycles. The van der Waals surface area contributed by atoms with Crippen molar-refractivity contribution >= 4 is 11.9 Å². The molecule has 5 heteroatoms. The molecule has 1 heterocycles. The molecule has 2 fully saturated rings. The lowest BCUT2D eigenvalue weighted by atomic mass is 9.98. The summed E-state index contributed by atoms with van der Waals surface area (Å²) >= 11 is 0. The maximum atomic E-state index is 12.5. The highest BCUT2D eigenvalue weighted by molar-refractivity contribution is 5.96. The maximum absolute atomic E-state index is 12.5. The van der Waals surface area contributed by atoms with E-state index in [0.29, 0.717) is 23.0 Å². The van der Waals surface area contributed by atoms with E-state index in [1.54, 1.807) is 24.3 Å². The van der Waals surface area contributed by atoms with Gasteiger partial charge in [0.1, 0.15) is 0 Å². The molecule has 3 rings (SSSR count). The standard InChI is InChI=1S/C16H20N2O3/c1-21-16(20)11-4-2-10(3-5-11)15(19)18-8-12-6-7-14(17)13(12)9-18/h2-5,12-14H,6-9,17H2,1H3. The van der Waals surface area contributed by atoms with Crippen LogP contribution >= 0.6 is 0 Å². The van der Waals surface area contributed by atoms with Crippen LogP contribution in [-0.4, -0.2) is 43.0 Å². The van der Waals surface area contributed by atoms with Gasteiger partial charge < -0.3 is 15.4 Å². The zero-order valence-electron chi connectivity index (χ0n) is 12.1. The second-order valence-corrected chi connectivity index (χ2v) is 5.94. The molecule has 1 aliphatic carbocycles. The number of esters is 1. The van der Waals surface area contributed by atoms with Crippen LogP contribution in [0.4, 0.5) is 0 Å². The van der Waals surface area contributed by atoms with Crippen molar-refractivity contribution < 1.29 is 14.3 Å². The van der Waals surface area contributed by atoms with Gasteiger partial charge >= 0.3 is 5.97 Å². The summed E-state index contributed by atoms with van der Waals surface area (Å²) in [5, 5.41) is 0. The highest BCUT2D eigenvalue weighted by Crippen LogP contribution is 2.37. The van der Waals surface area contributed by atoms with Crippen molar-refractivity contribution in [1.29, 1.82) is 0 Å². The van der Waals surface area contributed by atoms with E-state index in [9.17, 15) is 9.59 Å². The SMILES string of the molecule is COC(=O)c1ccc(C(=O)N2CC3CCC(N)C3C2)cc1. The van der Waals surface area contributed by atoms with Crippen molar-refractivity contribution in [3.05, 3.63) is 35.4 Å². The number of methoxy groups -OCH3 is 1. The molecule has 2 N–H and O–H groups in total. The predicted molar refractivity (Wildman–Crippen MR) is 77.9 cm³/mol. The summed E-state index contributed by atoms with van der Waals surface area (Å²) in [4.78, 5) is 25.8. The van der Waals surface area contributed by atoms with E-state index < -0.39 is 5.97 Å². The summed E-state index contributed by atoms with van der Waals surface area (Å²) < 4.78 is 4.65. The Balaban J connectivity index is 1.70. The topological polar surface area (TPSA) is 72.6 Å². The number of hydrogen-bond acceptors (Lipinski definition) is 4. The Labute approximate surface area is 124 Å². The average molecular weight is 288 g/mol. The summed E-state index contributed by atoms with van der Waals surface area (Å²) in [5.74, 6) is 0.630. The molecule has 1 aromatic rings. The van der Waals surface area contributed by atoms with Crippen LogP contribution in [0.15, 0.2) is 24.3 Å². The van der Waals surface area contributed by atoms with Crippen molar-refractivity contribution in [3.63, 3.8) is 0 Å². The van der Waals surface area contributed by atoms with E-state index in [4.69, 9.17) is 5.73 Å². The van der Waals surface area contributed by atoms with Gasteiger partial charge in [-0.15, -0.1) is 0 Å². The van der Waals surface area contributed by atoms with Gasteiger partial charge in [0.25, 0.3) is 5.91 Å². The monoisotopic (exact) mass is 288 g/mol. The summed E-state index contributed by atoms with van der Waals surface area (Å²) in [6.45, 7) is 1.55. The van der Waals surface area contributed by atoms with Gasteiger partial charge in [-0.2, -0.15) is 0 Å². The third kappa shape index (κ3) is 2.53. The highest BCUT2D eigenvalue weighted by atomic mass is 16.5. The number of likely N-dealkylation sites (tertiary alicyclic amines) is 1. The third-order valence-corrected chi connectivity index (χ3v) is 4.75. The number of ether oxygens (including phenoxy) is 1. The van der Waals surface area contributed by atoms with Crippen LogP contribution in [0.1, 0.15) is 33.6 Å². The first-order valence-corrected chi connectivity index (χ1v) is 7.33. The molecule has 2 aliphatic rings. The molecule has 0 radical (unpaired) electrons. The molecule has 21 heavy (non-hydrogen) atoms. The molecule has 5 nitrogen and oxygen atoms in total. The minimum Gasteiger partial charge on any atom is -0.465 e. The lowest BCUT2D eigenvalue weighted by Gasteiger charge is -2.19. The smallest absolute Gasteiger partial charge is 0.337 e. The number of nitrogens with two attached hydrogens (primary N) is 1. The second kappa shape index (κ2) is 5.48. The molecule has 3 unspecified atom stereocenters. The van der Waals surface area contributed by atoms with Gasteiger partial charge in [0.2, 0.25) is 0 Å². The van der Waals surface area contributed by atoms with E-state index in [1.165, 1.54) is 7.11 Å². The lowest BCUT2D eigenvalue weighted by molar-refractivity contribution is 0.0600. The van der Waals surface area contributed by atoms with Crippen molar-refractivity contribution in [1.82, 2.24) is 4.90 Å². The first-order chi connectivity index (χ1) is 10.1. The number of carbonyl (C=O) groups is 2. The minimum atomic E-state index is -0.393. The normalized spacial score (nSPS) is 27.5. The van der Waals surface area contributed by atoms with Gasteiger partial charge in [-0.1, -0.05) is 0 Å². The number of benzene rings is 1. The molecule has 1 amide bonds. The second-order valence-electron chi connectivity index (χ2n) is 5.94. The molecule has 1 aliphatic heterocycles. The van der Waals surface area contributed by atoms with Gasteiger partial charge in [0.05, 0.1) is 12.7 Å². The number of amides is 1. The van der Waals surface area contributed by atoms with Crippen LogP contribution in [0.2, 0.25) is 0 Å². The van der Waals surface area contributed by atoms with Gasteiger partial charge in [0.15, 0.2) is 0 Å². The quantitative estimate of drug-likeness (QED) is 0.832. The van der Waals surface area contributed by atoms with Gasteiger partial charge in [0, 0.05) is 24.7 Å². The maximum Gasteiger partial charge on any atom is 0.337 e. The minimum absolute atomic E-state index is 0.0213. The van der Waals surface area contributed by atoms with Crippen molar-refractivity contribution in [2.45, 2.75) is 18.9 Å². The van der Waals surface area contributed by atoms with Crippen molar-refractivity contribution in [3.8, 4) is 0 Å². The Morgan fingerprint density at radius 3 is 2.43 bits per heavy atom. The molecule has 1 saturated carbocycles. The molecule has 112 valence electrons. The molecular weight excluding hydrogens is 268 g/mol. The molecule has 3 atom stereocenters. The zero-order chi connectivity index (χ0) is 15.0. The van der Waals surface area contributed by atoms with E-state index >= 15 is 0 Å². The molecule has 0 spiro atoms. The Morgan fingerprint density at radius 2 is 1.81 bits per heavy atom. The van der Waals surface area contributed by atoms with Crippen LogP contribution in [0.5, 0.6) is 0 Å². The molecule has 1 aromatic carbocycles. The van der Waals surface area contributed by atoms with Crippen LogP contribution in [-0.2, 0) is 4.74 Å². The Morgan fingerprint density at radius 1 is 1.14 bits per heavy atom. The zero-order valence-corrected chi connectivity index (χ0v) is 12.1. The number of nitrogens with zero attached hydrogens (tertiary/aromatic N) is 1. The molecule has 0 aromatic heterocycles. The fraction of sp³-hybridized carbons (Fsp3) is 0.500. The Bertz CT molecular complexity index is 555. The van der Waals surface area contributed by atoms with E-state index in [-0.39, 0.29) is 11.9 Å². The van der Waals surface area contributed by atoms with Crippen molar-refractivity contribution in [2.75, 3.05) is 20.2 Å². The number of fused-ring (bicyclic) bond motifs is 1. The Hall–Kier alpha value is -1.88. The fourth-order valence-electron chi connectivity index (χ4n) is 3.52. The number of carbonyl (C=O) groups excluding carboxylic acids is 2. The van der Waals surface area contributed by atoms with E-state index in [2.05, 4.69) is 4.74 Å². The van der Waals surface area contributed by atoms with Crippen LogP contribution in [0.25, 0.3) is 0 Å². The third-order valence-electron chi connectivity index (χ3n) is 4.75. The molecule has 0 bridgehead atoms. The largest absolute Gasteiger partial charge is 0.465 e. The summed E-state index contributed by atoms with van der Waals surface area (Å²) in [6, 6.07) is 6.85. The van der Waals surface area contributed by atoms with Crippen LogP contribution in [0, 0.1) is 11.8 Å². The van der Waals surface area contributed by atoms with Gasteiger partial charge in [-0.3, -0.25) is 4.79 Å². The number of rotatable bonds is 2. The van der Waals surface area contributed by atoms with E-state index in [1.807, 2.05) is 4.90 Å². The summed E-state index contributed by atoms with van der Waals surface area (Å²) in [6.07, 6.45) is 2.20. The predicted octanol–water partition coefficient (Wildman–Crippen LogP) is 1.28. The molecular formula is C16H20N2O3. The first-order valence-electron chi connectivity index (χ1n) is 7.33. The average Bonchev–Trinajstić information content (AvgIpc) is 3.08. The number of hydrogen-bond donors (Lipinski definition) is 1. The van der Waals surface area contributed by atoms with Gasteiger partial charge in [-0.05, 0) is 48.9 Å². The fourth-order valence-corrected chi connectivity index (χ4v) is 3.52. The van der Waals surface area contributed by atoms with Crippen LogP contribution < -0.4 is 5.73 Å². The lowest BCUT2D eigenvalue weighted by Crippen LogP contribution is -2.33. The van der Waals surface area contributed by atoms with E-state index in [0.717, 1.165) is 25.9 Å². The summed E-state index contributed by atoms with van der Waals surface area (Å²) in [7, 11) is 1.34. The highest BCUT2D eigenvalue weighted by Gasteiger charge is 2.42. The Kier molecular flexibility index (Phi) is 3.68. The van der Waals surface area contributed by atoms with Crippen molar-refractivity contribution in [2.24, 2.45) is 17.6 Å². The first kappa shape index (κ1) is 14.1.